The second-order valence-corrected chi connectivity index (χ2v) is 4.19. The van der Waals surface area contributed by atoms with Crippen molar-refractivity contribution in [3.63, 3.8) is 0 Å². The van der Waals surface area contributed by atoms with E-state index >= 15 is 0 Å². The molecular formula is C13H16N4O. The van der Waals surface area contributed by atoms with Crippen molar-refractivity contribution in [1.29, 1.82) is 0 Å². The Hall–Kier alpha value is -2.14. The van der Waals surface area contributed by atoms with Crippen LogP contribution in [0.15, 0.2) is 24.3 Å². The van der Waals surface area contributed by atoms with Crippen LogP contribution in [0.2, 0.25) is 0 Å². The number of hydrogen-bond donors (Lipinski definition) is 2. The van der Waals surface area contributed by atoms with E-state index in [-0.39, 0.29) is 0 Å². The van der Waals surface area contributed by atoms with Gasteiger partial charge in [-0.3, -0.25) is 5.43 Å². The molecule has 0 aliphatic rings. The fourth-order valence-electron chi connectivity index (χ4n) is 1.59. The van der Waals surface area contributed by atoms with E-state index in [1.165, 1.54) is 0 Å². The van der Waals surface area contributed by atoms with Gasteiger partial charge in [-0.25, -0.2) is 10.8 Å². The highest BCUT2D eigenvalue weighted by molar-refractivity contribution is 5.39. The van der Waals surface area contributed by atoms with E-state index in [4.69, 9.17) is 10.6 Å². The topological polar surface area (TPSA) is 73.1 Å². The van der Waals surface area contributed by atoms with Crippen LogP contribution in [0.4, 0.5) is 5.95 Å². The van der Waals surface area contributed by atoms with Crippen molar-refractivity contribution in [3.05, 3.63) is 41.1 Å². The van der Waals surface area contributed by atoms with Crippen LogP contribution in [0.5, 0.6) is 11.6 Å². The van der Waals surface area contributed by atoms with Crippen molar-refractivity contribution in [1.82, 2.24) is 9.97 Å². The van der Waals surface area contributed by atoms with Crippen LogP contribution in [0.3, 0.4) is 0 Å². The fourth-order valence-corrected chi connectivity index (χ4v) is 1.59. The predicted octanol–water partition coefficient (Wildman–Crippen LogP) is 2.48. The first-order chi connectivity index (χ1) is 8.58. The number of hydrogen-bond acceptors (Lipinski definition) is 5. The van der Waals surface area contributed by atoms with Crippen LogP contribution in [0, 0.1) is 20.8 Å². The molecule has 0 unspecified atom stereocenters. The van der Waals surface area contributed by atoms with Gasteiger partial charge in [0, 0.05) is 11.8 Å². The lowest BCUT2D eigenvalue weighted by Crippen LogP contribution is -2.11. The predicted molar refractivity (Wildman–Crippen MR) is 70.6 cm³/mol. The molecule has 0 bridgehead atoms. The van der Waals surface area contributed by atoms with Gasteiger partial charge < -0.3 is 4.74 Å². The number of nitrogen functional groups attached to an aromatic ring is 1. The smallest absolute Gasteiger partial charge is 0.240 e. The molecule has 94 valence electrons. The molecule has 5 nitrogen and oxygen atoms in total. The Morgan fingerprint density at radius 1 is 1.11 bits per heavy atom. The normalized spacial score (nSPS) is 10.2. The SMILES string of the molecule is Cc1ccc(C)c(Oc2cc(C)nc(NN)n2)c1. The van der Waals surface area contributed by atoms with Gasteiger partial charge in [0.15, 0.2) is 0 Å². The first-order valence-electron chi connectivity index (χ1n) is 5.66. The summed E-state index contributed by atoms with van der Waals surface area (Å²) < 4.78 is 5.77. The minimum absolute atomic E-state index is 0.343. The van der Waals surface area contributed by atoms with Crippen LogP contribution in [0.25, 0.3) is 0 Å². The van der Waals surface area contributed by atoms with E-state index in [2.05, 4.69) is 15.4 Å². The average Bonchev–Trinajstić information content (AvgIpc) is 2.33. The van der Waals surface area contributed by atoms with Crippen molar-refractivity contribution in [3.8, 4) is 11.6 Å². The van der Waals surface area contributed by atoms with Gasteiger partial charge in [0.2, 0.25) is 11.8 Å². The summed E-state index contributed by atoms with van der Waals surface area (Å²) in [5.41, 5.74) is 5.40. The van der Waals surface area contributed by atoms with Crippen LogP contribution in [-0.4, -0.2) is 9.97 Å². The van der Waals surface area contributed by atoms with Crippen molar-refractivity contribution in [2.75, 3.05) is 5.43 Å². The van der Waals surface area contributed by atoms with Gasteiger partial charge in [-0.05, 0) is 38.0 Å². The molecule has 0 aliphatic heterocycles. The lowest BCUT2D eigenvalue weighted by molar-refractivity contribution is 0.458. The largest absolute Gasteiger partial charge is 0.439 e. The Kier molecular flexibility index (Phi) is 3.43. The Morgan fingerprint density at radius 3 is 2.61 bits per heavy atom. The van der Waals surface area contributed by atoms with Gasteiger partial charge in [-0.15, -0.1) is 0 Å². The quantitative estimate of drug-likeness (QED) is 0.641. The molecule has 2 aromatic rings. The average molecular weight is 244 g/mol. The second-order valence-electron chi connectivity index (χ2n) is 4.19. The van der Waals surface area contributed by atoms with Gasteiger partial charge in [0.05, 0.1) is 0 Å². The van der Waals surface area contributed by atoms with E-state index in [1.54, 1.807) is 6.07 Å². The molecular weight excluding hydrogens is 228 g/mol. The molecule has 1 aromatic carbocycles. The minimum atomic E-state index is 0.343. The number of anilines is 1. The highest BCUT2D eigenvalue weighted by atomic mass is 16.5. The molecule has 0 radical (unpaired) electrons. The number of aromatic nitrogens is 2. The van der Waals surface area contributed by atoms with Crippen LogP contribution >= 0.6 is 0 Å². The Labute approximate surface area is 106 Å². The number of nitrogens with zero attached hydrogens (tertiary/aromatic N) is 2. The first-order valence-corrected chi connectivity index (χ1v) is 5.66. The number of aryl methyl sites for hydroxylation is 3. The molecule has 5 heteroatoms. The molecule has 0 spiro atoms. The number of nitrogens with two attached hydrogens (primary N) is 1. The highest BCUT2D eigenvalue weighted by Gasteiger charge is 2.06. The summed E-state index contributed by atoms with van der Waals surface area (Å²) >= 11 is 0. The Balaban J connectivity index is 2.33. The molecule has 1 aromatic heterocycles. The summed E-state index contributed by atoms with van der Waals surface area (Å²) in [6, 6.07) is 7.80. The summed E-state index contributed by atoms with van der Waals surface area (Å²) in [6.45, 7) is 5.87. The van der Waals surface area contributed by atoms with E-state index in [0.717, 1.165) is 22.6 Å². The van der Waals surface area contributed by atoms with E-state index in [9.17, 15) is 0 Å². The molecule has 3 N–H and O–H groups in total. The summed E-state index contributed by atoms with van der Waals surface area (Å²) in [5.74, 6) is 6.91. The van der Waals surface area contributed by atoms with Gasteiger partial charge in [0.25, 0.3) is 0 Å². The van der Waals surface area contributed by atoms with Crippen LogP contribution in [-0.2, 0) is 0 Å². The molecule has 0 fully saturated rings. The van der Waals surface area contributed by atoms with Crippen molar-refractivity contribution < 1.29 is 4.74 Å². The zero-order chi connectivity index (χ0) is 13.1. The third-order valence-corrected chi connectivity index (χ3v) is 2.52. The first kappa shape index (κ1) is 12.3. The molecule has 0 atom stereocenters. The summed E-state index contributed by atoms with van der Waals surface area (Å²) in [6.07, 6.45) is 0. The third-order valence-electron chi connectivity index (χ3n) is 2.52. The van der Waals surface area contributed by atoms with Gasteiger partial charge >= 0.3 is 0 Å². The lowest BCUT2D eigenvalue weighted by atomic mass is 10.1. The van der Waals surface area contributed by atoms with Crippen molar-refractivity contribution in [2.45, 2.75) is 20.8 Å². The Morgan fingerprint density at radius 2 is 1.89 bits per heavy atom. The number of nitrogens with one attached hydrogen (secondary N) is 1. The number of rotatable bonds is 3. The zero-order valence-corrected chi connectivity index (χ0v) is 10.7. The molecule has 2 rings (SSSR count). The lowest BCUT2D eigenvalue weighted by Gasteiger charge is -2.10. The maximum atomic E-state index is 5.77. The molecule has 0 saturated carbocycles. The monoisotopic (exact) mass is 244 g/mol. The number of benzene rings is 1. The zero-order valence-electron chi connectivity index (χ0n) is 10.7. The molecule has 0 saturated heterocycles. The summed E-state index contributed by atoms with van der Waals surface area (Å²) in [7, 11) is 0. The molecule has 0 aliphatic carbocycles. The van der Waals surface area contributed by atoms with Gasteiger partial charge in [-0.1, -0.05) is 12.1 Å². The summed E-state index contributed by atoms with van der Waals surface area (Å²) in [4.78, 5) is 8.26. The van der Waals surface area contributed by atoms with Crippen LogP contribution < -0.4 is 16.0 Å². The summed E-state index contributed by atoms with van der Waals surface area (Å²) in [5, 5.41) is 0. The van der Waals surface area contributed by atoms with E-state index in [0.29, 0.717) is 11.8 Å². The highest BCUT2D eigenvalue weighted by Crippen LogP contribution is 2.25. The number of hydrazine groups is 1. The maximum Gasteiger partial charge on any atom is 0.240 e. The van der Waals surface area contributed by atoms with E-state index < -0.39 is 0 Å². The number of ether oxygens (including phenoxy) is 1. The standard InChI is InChI=1S/C13H16N4O/c1-8-4-5-9(2)11(6-8)18-12-7-10(3)15-13(16-12)17-14/h4-7H,14H2,1-3H3,(H,15,16,17). The maximum absolute atomic E-state index is 5.77. The molecule has 1 heterocycles. The molecule has 18 heavy (non-hydrogen) atoms. The third kappa shape index (κ3) is 2.75. The minimum Gasteiger partial charge on any atom is -0.439 e. The van der Waals surface area contributed by atoms with Crippen LogP contribution in [0.1, 0.15) is 16.8 Å². The van der Waals surface area contributed by atoms with Gasteiger partial charge in [0.1, 0.15) is 5.75 Å². The van der Waals surface area contributed by atoms with E-state index in [1.807, 2.05) is 39.0 Å². The molecule has 0 amide bonds. The fraction of sp³-hybridized carbons (Fsp3) is 0.231. The Bertz CT molecular complexity index is 569. The van der Waals surface area contributed by atoms with Gasteiger partial charge in [-0.2, -0.15) is 4.98 Å². The second kappa shape index (κ2) is 5.01. The van der Waals surface area contributed by atoms with Crippen molar-refractivity contribution in [2.24, 2.45) is 5.84 Å². The van der Waals surface area contributed by atoms with Crippen molar-refractivity contribution >= 4 is 5.95 Å².